The highest BCUT2D eigenvalue weighted by molar-refractivity contribution is 5.79. The Hall–Kier alpha value is -2.04. The molecule has 102 valence electrons. The monoisotopic (exact) mass is 262 g/mol. The van der Waals surface area contributed by atoms with Crippen molar-refractivity contribution in [2.75, 3.05) is 13.2 Å². The van der Waals surface area contributed by atoms with E-state index in [9.17, 15) is 9.59 Å². The zero-order valence-corrected chi connectivity index (χ0v) is 10.9. The minimum Gasteiger partial charge on any atom is -0.484 e. The van der Waals surface area contributed by atoms with Gasteiger partial charge in [-0.15, -0.1) is 0 Å². The number of hydrogen-bond donors (Lipinski definition) is 2. The van der Waals surface area contributed by atoms with Crippen LogP contribution >= 0.6 is 0 Å². The van der Waals surface area contributed by atoms with Crippen LogP contribution in [0.2, 0.25) is 0 Å². The normalized spacial score (nSPS) is 17.9. The van der Waals surface area contributed by atoms with Crippen LogP contribution in [-0.4, -0.2) is 31.0 Å². The van der Waals surface area contributed by atoms with Gasteiger partial charge in [0.15, 0.2) is 6.61 Å². The number of benzene rings is 1. The van der Waals surface area contributed by atoms with Gasteiger partial charge < -0.3 is 15.4 Å². The van der Waals surface area contributed by atoms with Crippen molar-refractivity contribution in [3.8, 4) is 5.75 Å². The summed E-state index contributed by atoms with van der Waals surface area (Å²) in [7, 11) is 0. The lowest BCUT2D eigenvalue weighted by atomic mass is 10.2. The van der Waals surface area contributed by atoms with Gasteiger partial charge in [-0.2, -0.15) is 0 Å². The molecule has 0 aromatic heterocycles. The molecule has 1 saturated heterocycles. The molecular weight excluding hydrogens is 244 g/mol. The van der Waals surface area contributed by atoms with E-state index in [-0.39, 0.29) is 24.5 Å². The number of amides is 2. The minimum absolute atomic E-state index is 0.00980. The van der Waals surface area contributed by atoms with Crippen LogP contribution in [0.5, 0.6) is 5.75 Å². The molecule has 1 aromatic rings. The number of rotatable bonds is 5. The number of hydrogen-bond acceptors (Lipinski definition) is 3. The summed E-state index contributed by atoms with van der Waals surface area (Å²) >= 11 is 0. The summed E-state index contributed by atoms with van der Waals surface area (Å²) < 4.78 is 5.39. The van der Waals surface area contributed by atoms with Gasteiger partial charge in [-0.05, 0) is 31.0 Å². The first-order chi connectivity index (χ1) is 9.13. The minimum atomic E-state index is -0.178. The van der Waals surface area contributed by atoms with Crippen LogP contribution in [0.15, 0.2) is 24.3 Å². The highest BCUT2D eigenvalue weighted by Crippen LogP contribution is 2.11. The van der Waals surface area contributed by atoms with Gasteiger partial charge in [0, 0.05) is 19.0 Å². The van der Waals surface area contributed by atoms with E-state index >= 15 is 0 Å². The summed E-state index contributed by atoms with van der Waals surface area (Å²) in [5.74, 6) is 0.558. The highest BCUT2D eigenvalue weighted by atomic mass is 16.5. The lowest BCUT2D eigenvalue weighted by Crippen LogP contribution is -2.40. The number of ether oxygens (including phenoxy) is 1. The van der Waals surface area contributed by atoms with E-state index < -0.39 is 0 Å². The molecule has 2 N–H and O–H groups in total. The fraction of sp³-hybridized carbons (Fsp3) is 0.429. The van der Waals surface area contributed by atoms with Crippen molar-refractivity contribution in [2.24, 2.45) is 0 Å². The Labute approximate surface area is 112 Å². The van der Waals surface area contributed by atoms with Crippen LogP contribution in [0.25, 0.3) is 0 Å². The molecule has 0 aliphatic carbocycles. The molecule has 1 aliphatic heterocycles. The third kappa shape index (κ3) is 4.28. The van der Waals surface area contributed by atoms with Crippen LogP contribution in [0.4, 0.5) is 0 Å². The Morgan fingerprint density at radius 3 is 3.05 bits per heavy atom. The smallest absolute Gasteiger partial charge is 0.258 e. The van der Waals surface area contributed by atoms with Crippen molar-refractivity contribution < 1.29 is 14.3 Å². The summed E-state index contributed by atoms with van der Waals surface area (Å²) in [5.41, 5.74) is 1.09. The Morgan fingerprint density at radius 2 is 2.37 bits per heavy atom. The molecule has 1 aliphatic rings. The maximum atomic E-state index is 11.6. The Balaban J connectivity index is 1.68. The van der Waals surface area contributed by atoms with Crippen molar-refractivity contribution >= 4 is 11.8 Å². The molecule has 1 heterocycles. The first kappa shape index (κ1) is 13.4. The van der Waals surface area contributed by atoms with Crippen LogP contribution in [0, 0.1) is 6.92 Å². The maximum Gasteiger partial charge on any atom is 0.258 e. The second kappa shape index (κ2) is 6.22. The van der Waals surface area contributed by atoms with E-state index in [0.29, 0.717) is 18.7 Å². The second-order valence-corrected chi connectivity index (χ2v) is 4.71. The fourth-order valence-corrected chi connectivity index (χ4v) is 1.97. The standard InChI is InChI=1S/C14H18N2O3/c1-10-3-2-4-12(7-10)19-9-14(18)15-8-11-5-6-13(17)16-11/h2-4,7,11H,5-6,8-9H2,1H3,(H,15,18)(H,16,17). The Kier molecular flexibility index (Phi) is 4.39. The van der Waals surface area contributed by atoms with E-state index in [1.807, 2.05) is 31.2 Å². The van der Waals surface area contributed by atoms with Gasteiger partial charge in [0.2, 0.25) is 5.91 Å². The number of nitrogens with one attached hydrogen (secondary N) is 2. The summed E-state index contributed by atoms with van der Waals surface area (Å²) in [5, 5.41) is 5.55. The molecule has 0 bridgehead atoms. The third-order valence-corrected chi connectivity index (χ3v) is 2.99. The van der Waals surface area contributed by atoms with Gasteiger partial charge in [0.25, 0.3) is 5.91 Å². The SMILES string of the molecule is Cc1cccc(OCC(=O)NCC2CCC(=O)N2)c1. The molecular formula is C14H18N2O3. The quantitative estimate of drug-likeness (QED) is 0.823. The van der Waals surface area contributed by atoms with E-state index in [1.54, 1.807) is 0 Å². The van der Waals surface area contributed by atoms with E-state index in [1.165, 1.54) is 0 Å². The van der Waals surface area contributed by atoms with Crippen molar-refractivity contribution in [2.45, 2.75) is 25.8 Å². The van der Waals surface area contributed by atoms with Crippen LogP contribution < -0.4 is 15.4 Å². The molecule has 1 atom stereocenters. The van der Waals surface area contributed by atoms with Gasteiger partial charge in [-0.25, -0.2) is 0 Å². The predicted octanol–water partition coefficient (Wildman–Crippen LogP) is 0.769. The lowest BCUT2D eigenvalue weighted by molar-refractivity contribution is -0.123. The third-order valence-electron chi connectivity index (χ3n) is 2.99. The molecule has 0 saturated carbocycles. The van der Waals surface area contributed by atoms with Gasteiger partial charge in [-0.3, -0.25) is 9.59 Å². The molecule has 2 rings (SSSR count). The first-order valence-corrected chi connectivity index (χ1v) is 6.39. The van der Waals surface area contributed by atoms with Crippen LogP contribution in [0.3, 0.4) is 0 Å². The van der Waals surface area contributed by atoms with Crippen molar-refractivity contribution in [3.05, 3.63) is 29.8 Å². The van der Waals surface area contributed by atoms with E-state index in [4.69, 9.17) is 4.74 Å². The zero-order valence-electron chi connectivity index (χ0n) is 10.9. The summed E-state index contributed by atoms with van der Waals surface area (Å²) in [6.45, 7) is 2.42. The van der Waals surface area contributed by atoms with Crippen molar-refractivity contribution in [1.29, 1.82) is 0 Å². The van der Waals surface area contributed by atoms with Crippen LogP contribution in [-0.2, 0) is 9.59 Å². The second-order valence-electron chi connectivity index (χ2n) is 4.71. The molecule has 5 nitrogen and oxygen atoms in total. The average Bonchev–Trinajstić information content (AvgIpc) is 2.80. The number of carbonyl (C=O) groups excluding carboxylic acids is 2. The molecule has 0 radical (unpaired) electrons. The molecule has 1 aromatic carbocycles. The number of aryl methyl sites for hydroxylation is 1. The van der Waals surface area contributed by atoms with Gasteiger partial charge in [-0.1, -0.05) is 12.1 Å². The molecule has 1 unspecified atom stereocenters. The molecule has 1 fully saturated rings. The molecule has 0 spiro atoms. The molecule has 19 heavy (non-hydrogen) atoms. The lowest BCUT2D eigenvalue weighted by Gasteiger charge is -2.12. The van der Waals surface area contributed by atoms with Crippen molar-refractivity contribution in [3.63, 3.8) is 0 Å². The van der Waals surface area contributed by atoms with E-state index in [0.717, 1.165) is 12.0 Å². The predicted molar refractivity (Wildman–Crippen MR) is 70.8 cm³/mol. The van der Waals surface area contributed by atoms with Crippen molar-refractivity contribution in [1.82, 2.24) is 10.6 Å². The largest absolute Gasteiger partial charge is 0.484 e. The fourth-order valence-electron chi connectivity index (χ4n) is 1.97. The van der Waals surface area contributed by atoms with Gasteiger partial charge in [0.1, 0.15) is 5.75 Å². The topological polar surface area (TPSA) is 67.4 Å². The van der Waals surface area contributed by atoms with Gasteiger partial charge in [0.05, 0.1) is 0 Å². The average molecular weight is 262 g/mol. The highest BCUT2D eigenvalue weighted by Gasteiger charge is 2.20. The molecule has 5 heteroatoms. The first-order valence-electron chi connectivity index (χ1n) is 6.39. The zero-order chi connectivity index (χ0) is 13.7. The van der Waals surface area contributed by atoms with E-state index in [2.05, 4.69) is 10.6 Å². The summed E-state index contributed by atoms with van der Waals surface area (Å²) in [6, 6.07) is 7.60. The number of carbonyl (C=O) groups is 2. The van der Waals surface area contributed by atoms with Crippen LogP contribution in [0.1, 0.15) is 18.4 Å². The Bertz CT molecular complexity index is 474. The van der Waals surface area contributed by atoms with Gasteiger partial charge >= 0.3 is 0 Å². The summed E-state index contributed by atoms with van der Waals surface area (Å²) in [4.78, 5) is 22.6. The Morgan fingerprint density at radius 1 is 1.53 bits per heavy atom. The summed E-state index contributed by atoms with van der Waals surface area (Å²) in [6.07, 6.45) is 1.32. The molecule has 2 amide bonds. The maximum absolute atomic E-state index is 11.6.